The number of anilines is 1. The van der Waals surface area contributed by atoms with Gasteiger partial charge in [0, 0.05) is 13.1 Å². The number of nitrogens with zero attached hydrogens (tertiary/aromatic N) is 1. The lowest BCUT2D eigenvalue weighted by Crippen LogP contribution is -2.40. The Labute approximate surface area is 192 Å². The Hall–Kier alpha value is -3.45. The number of para-hydroxylation sites is 1. The van der Waals surface area contributed by atoms with Gasteiger partial charge in [0.2, 0.25) is 5.91 Å². The molecule has 0 bridgehead atoms. The van der Waals surface area contributed by atoms with Crippen molar-refractivity contribution in [3.8, 4) is 0 Å². The first-order valence-corrected chi connectivity index (χ1v) is 11.1. The topological polar surface area (TPSA) is 74.6 Å². The quantitative estimate of drug-likeness (QED) is 0.566. The summed E-state index contributed by atoms with van der Waals surface area (Å²) < 4.78 is 19.5. The zero-order valence-electron chi connectivity index (χ0n) is 18.8. The number of rotatable bonds is 7. The van der Waals surface area contributed by atoms with E-state index in [0.717, 1.165) is 17.5 Å². The van der Waals surface area contributed by atoms with Crippen LogP contribution in [0, 0.1) is 11.7 Å². The van der Waals surface area contributed by atoms with Crippen molar-refractivity contribution in [2.75, 3.05) is 18.5 Å². The van der Waals surface area contributed by atoms with Gasteiger partial charge < -0.3 is 20.0 Å². The minimum atomic E-state index is -0.292. The van der Waals surface area contributed by atoms with Crippen molar-refractivity contribution in [1.82, 2.24) is 10.6 Å². The highest BCUT2D eigenvalue weighted by atomic mass is 19.1. The van der Waals surface area contributed by atoms with Gasteiger partial charge in [-0.1, -0.05) is 31.2 Å². The van der Waals surface area contributed by atoms with E-state index in [1.807, 2.05) is 6.07 Å². The summed E-state index contributed by atoms with van der Waals surface area (Å²) in [6, 6.07) is 15.5. The van der Waals surface area contributed by atoms with Crippen LogP contribution in [0.4, 0.5) is 10.1 Å². The van der Waals surface area contributed by atoms with E-state index in [1.54, 1.807) is 55.8 Å². The Morgan fingerprint density at radius 3 is 2.73 bits per heavy atom. The van der Waals surface area contributed by atoms with Crippen LogP contribution in [0.15, 0.2) is 65.3 Å². The Kier molecular flexibility index (Phi) is 6.89. The van der Waals surface area contributed by atoms with Gasteiger partial charge in [0.1, 0.15) is 11.6 Å². The molecule has 0 radical (unpaired) electrons. The largest absolute Gasteiger partial charge is 0.467 e. The van der Waals surface area contributed by atoms with Crippen molar-refractivity contribution in [2.45, 2.75) is 32.4 Å². The third-order valence-corrected chi connectivity index (χ3v) is 6.27. The van der Waals surface area contributed by atoms with E-state index in [9.17, 15) is 14.0 Å². The van der Waals surface area contributed by atoms with Crippen LogP contribution in [0.1, 0.15) is 46.6 Å². The third kappa shape index (κ3) is 4.98. The molecule has 6 nitrogen and oxygen atoms in total. The number of halogens is 1. The molecule has 1 aliphatic carbocycles. The van der Waals surface area contributed by atoms with Crippen LogP contribution >= 0.6 is 0 Å². The van der Waals surface area contributed by atoms with Crippen LogP contribution in [-0.4, -0.2) is 25.4 Å². The fourth-order valence-electron chi connectivity index (χ4n) is 4.37. The second kappa shape index (κ2) is 10.0. The number of nitrogens with one attached hydrogen (secondary N) is 2. The fourth-order valence-corrected chi connectivity index (χ4v) is 4.37. The second-order valence-corrected chi connectivity index (χ2v) is 8.41. The molecule has 33 heavy (non-hydrogen) atoms. The Morgan fingerprint density at radius 2 is 1.94 bits per heavy atom. The van der Waals surface area contributed by atoms with Gasteiger partial charge >= 0.3 is 0 Å². The molecule has 1 heterocycles. The number of fused-ring (bicyclic) bond motifs is 1. The van der Waals surface area contributed by atoms with Crippen molar-refractivity contribution in [3.05, 3.63) is 89.1 Å². The lowest BCUT2D eigenvalue weighted by atomic mass is 9.80. The van der Waals surface area contributed by atoms with Gasteiger partial charge in [-0.3, -0.25) is 9.59 Å². The summed E-state index contributed by atoms with van der Waals surface area (Å²) >= 11 is 0. The first-order chi connectivity index (χ1) is 16.0. The van der Waals surface area contributed by atoms with Gasteiger partial charge in [-0.05, 0) is 60.2 Å². The highest BCUT2D eigenvalue weighted by molar-refractivity contribution is 6.05. The van der Waals surface area contributed by atoms with Crippen molar-refractivity contribution in [3.63, 3.8) is 0 Å². The average molecular weight is 450 g/mol. The van der Waals surface area contributed by atoms with E-state index in [1.165, 1.54) is 11.0 Å². The van der Waals surface area contributed by atoms with E-state index in [0.29, 0.717) is 23.4 Å². The molecule has 4 rings (SSSR count). The number of amides is 2. The van der Waals surface area contributed by atoms with Gasteiger partial charge in [-0.15, -0.1) is 0 Å². The van der Waals surface area contributed by atoms with Crippen molar-refractivity contribution >= 4 is 17.5 Å². The zero-order valence-corrected chi connectivity index (χ0v) is 18.8. The maximum absolute atomic E-state index is 14.2. The number of hydrogen-bond donors (Lipinski definition) is 2. The summed E-state index contributed by atoms with van der Waals surface area (Å²) in [4.78, 5) is 27.3. The maximum atomic E-state index is 14.2. The molecule has 7 heteroatoms. The molecule has 2 atom stereocenters. The fraction of sp³-hybridized carbons (Fsp3) is 0.308. The molecule has 3 aromatic rings. The van der Waals surface area contributed by atoms with Crippen molar-refractivity contribution < 1.29 is 18.4 Å². The summed E-state index contributed by atoms with van der Waals surface area (Å²) in [6.45, 7) is 2.44. The van der Waals surface area contributed by atoms with Gasteiger partial charge in [0.05, 0.1) is 30.6 Å². The van der Waals surface area contributed by atoms with Crippen LogP contribution in [0.5, 0.6) is 0 Å². The first-order valence-electron chi connectivity index (χ1n) is 11.1. The van der Waals surface area contributed by atoms with Crippen molar-refractivity contribution in [1.29, 1.82) is 0 Å². The Balaban J connectivity index is 1.44. The van der Waals surface area contributed by atoms with E-state index in [2.05, 4.69) is 17.6 Å². The molecular formula is C26H28FN3O3. The highest BCUT2D eigenvalue weighted by Crippen LogP contribution is 2.35. The van der Waals surface area contributed by atoms with Crippen LogP contribution in [0.3, 0.4) is 0 Å². The molecule has 1 aliphatic rings. The lowest BCUT2D eigenvalue weighted by molar-refractivity contribution is -0.117. The third-order valence-electron chi connectivity index (χ3n) is 6.27. The normalized spacial score (nSPS) is 17.3. The molecule has 0 fully saturated rings. The molecule has 2 unspecified atom stereocenters. The number of carbonyl (C=O) groups excluding carboxylic acids is 2. The predicted octanol–water partition coefficient (Wildman–Crippen LogP) is 4.22. The molecule has 2 aromatic carbocycles. The zero-order chi connectivity index (χ0) is 23.4. The van der Waals surface area contributed by atoms with Gasteiger partial charge in [-0.2, -0.15) is 0 Å². The van der Waals surface area contributed by atoms with Gasteiger partial charge in [0.25, 0.3) is 5.91 Å². The summed E-state index contributed by atoms with van der Waals surface area (Å²) in [5.74, 6) is 0.255. The molecule has 0 spiro atoms. The number of hydrogen-bond acceptors (Lipinski definition) is 4. The van der Waals surface area contributed by atoms with Gasteiger partial charge in [0.15, 0.2) is 0 Å². The minimum absolute atomic E-state index is 0.0732. The molecule has 0 saturated carbocycles. The molecule has 2 amide bonds. The van der Waals surface area contributed by atoms with E-state index in [-0.39, 0.29) is 42.7 Å². The number of carbonyl (C=O) groups is 2. The Bertz CT molecular complexity index is 1130. The summed E-state index contributed by atoms with van der Waals surface area (Å²) in [5.41, 5.74) is 2.57. The molecule has 2 N–H and O–H groups in total. The molecule has 1 aromatic heterocycles. The predicted molar refractivity (Wildman–Crippen MR) is 124 cm³/mol. The average Bonchev–Trinajstić information content (AvgIpc) is 3.35. The molecule has 0 saturated heterocycles. The first kappa shape index (κ1) is 22.7. The molecule has 172 valence electrons. The van der Waals surface area contributed by atoms with Crippen LogP contribution in [-0.2, 0) is 17.8 Å². The molecular weight excluding hydrogens is 421 g/mol. The van der Waals surface area contributed by atoms with Crippen LogP contribution in [0.25, 0.3) is 0 Å². The number of furan rings is 1. The Morgan fingerprint density at radius 1 is 1.12 bits per heavy atom. The van der Waals surface area contributed by atoms with Crippen LogP contribution in [0.2, 0.25) is 0 Å². The van der Waals surface area contributed by atoms with Gasteiger partial charge in [-0.25, -0.2) is 4.39 Å². The number of benzene rings is 2. The highest BCUT2D eigenvalue weighted by Gasteiger charge is 2.29. The van der Waals surface area contributed by atoms with E-state index in [4.69, 9.17) is 4.42 Å². The van der Waals surface area contributed by atoms with E-state index >= 15 is 0 Å². The maximum Gasteiger partial charge on any atom is 0.253 e. The lowest BCUT2D eigenvalue weighted by Gasteiger charge is -2.33. The summed E-state index contributed by atoms with van der Waals surface area (Å²) in [5, 5.41) is 6.15. The smallest absolute Gasteiger partial charge is 0.253 e. The standard InChI is InChI=1S/C26H28FN3O3/c1-17-12-13-19-20(9-5-10-22(19)27)25(17)28-16-24(31)30(2)23-11-4-3-8-21(23)26(32)29-15-18-7-6-14-33-18/h3-11,14,17,25,28H,12-13,15-16H2,1-2H3,(H,29,32). The second-order valence-electron chi connectivity index (χ2n) is 8.41. The minimum Gasteiger partial charge on any atom is -0.467 e. The SMILES string of the molecule is CC1CCc2c(F)cccc2C1NCC(=O)N(C)c1ccccc1C(=O)NCc1ccco1. The molecule has 0 aliphatic heterocycles. The van der Waals surface area contributed by atoms with E-state index < -0.39 is 0 Å². The van der Waals surface area contributed by atoms with Crippen LogP contribution < -0.4 is 15.5 Å². The number of likely N-dealkylation sites (N-methyl/N-ethyl adjacent to an activating group) is 1. The van der Waals surface area contributed by atoms with Crippen molar-refractivity contribution in [2.24, 2.45) is 5.92 Å². The summed E-state index contributed by atoms with van der Waals surface area (Å²) in [6.07, 6.45) is 3.11. The summed E-state index contributed by atoms with van der Waals surface area (Å²) in [7, 11) is 1.65. The monoisotopic (exact) mass is 449 g/mol.